The van der Waals surface area contributed by atoms with E-state index in [2.05, 4.69) is 4.99 Å². The Hall–Kier alpha value is -3.41. The molecule has 0 amide bonds. The Balaban J connectivity index is 1.99. The molecule has 1 heterocycles. The van der Waals surface area contributed by atoms with Crippen LogP contribution in [0.25, 0.3) is 5.69 Å². The quantitative estimate of drug-likeness (QED) is 0.434. The van der Waals surface area contributed by atoms with Gasteiger partial charge in [-0.05, 0) is 38.1 Å². The number of aryl methyl sites for hydroxylation is 1. The van der Waals surface area contributed by atoms with Crippen LogP contribution in [0.15, 0.2) is 59.6 Å². The van der Waals surface area contributed by atoms with Gasteiger partial charge in [-0.25, -0.2) is 0 Å². The van der Waals surface area contributed by atoms with E-state index in [1.165, 1.54) is 6.07 Å². The second-order valence-electron chi connectivity index (χ2n) is 5.72. The van der Waals surface area contributed by atoms with E-state index in [0.717, 1.165) is 22.6 Å². The number of hydrogen-bond donors (Lipinski definition) is 1. The molecule has 25 heavy (non-hydrogen) atoms. The Bertz CT molecular complexity index is 974. The van der Waals surface area contributed by atoms with Crippen molar-refractivity contribution in [1.29, 1.82) is 0 Å². The minimum atomic E-state index is -0.401. The minimum Gasteiger partial charge on any atom is -0.508 e. The van der Waals surface area contributed by atoms with Crippen LogP contribution in [0.4, 0.5) is 11.4 Å². The highest BCUT2D eigenvalue weighted by molar-refractivity contribution is 5.84. The zero-order valence-electron chi connectivity index (χ0n) is 13.9. The number of rotatable bonds is 4. The number of phenols is 1. The van der Waals surface area contributed by atoms with E-state index in [0.29, 0.717) is 5.69 Å². The van der Waals surface area contributed by atoms with Gasteiger partial charge in [0.25, 0.3) is 5.69 Å². The third-order valence-electron chi connectivity index (χ3n) is 3.95. The second-order valence-corrected chi connectivity index (χ2v) is 5.72. The number of nitro groups is 1. The Labute approximate surface area is 144 Å². The number of benzene rings is 2. The molecule has 3 rings (SSSR count). The lowest BCUT2D eigenvalue weighted by atomic mass is 10.2. The molecule has 1 N–H and O–H groups in total. The number of nitrogens with zero attached hydrogens (tertiary/aromatic N) is 3. The summed E-state index contributed by atoms with van der Waals surface area (Å²) >= 11 is 0. The first-order valence-corrected chi connectivity index (χ1v) is 7.72. The van der Waals surface area contributed by atoms with Crippen LogP contribution < -0.4 is 0 Å². The summed E-state index contributed by atoms with van der Waals surface area (Å²) in [5.74, 6) is 0.164. The van der Waals surface area contributed by atoms with E-state index in [1.54, 1.807) is 42.6 Å². The Morgan fingerprint density at radius 2 is 1.88 bits per heavy atom. The van der Waals surface area contributed by atoms with Gasteiger partial charge >= 0.3 is 0 Å². The van der Waals surface area contributed by atoms with Crippen molar-refractivity contribution in [1.82, 2.24) is 4.57 Å². The van der Waals surface area contributed by atoms with E-state index in [9.17, 15) is 15.2 Å². The predicted octanol–water partition coefficient (Wildman–Crippen LogP) is 4.46. The standard InChI is InChI=1S/C19H17N3O3/c1-13-9-15(12-20-16-5-3-8-19(23)10-16)14(2)21(13)17-6-4-7-18(11-17)22(24)25/h3-12,23H,1-2H3. The van der Waals surface area contributed by atoms with Gasteiger partial charge in [0.05, 0.1) is 16.3 Å². The third-order valence-corrected chi connectivity index (χ3v) is 3.95. The monoisotopic (exact) mass is 335 g/mol. The number of aromatic nitrogens is 1. The average molecular weight is 335 g/mol. The van der Waals surface area contributed by atoms with Gasteiger partial charge in [0.1, 0.15) is 5.75 Å². The Morgan fingerprint density at radius 1 is 1.12 bits per heavy atom. The molecular weight excluding hydrogens is 318 g/mol. The predicted molar refractivity (Wildman–Crippen MR) is 97.3 cm³/mol. The number of non-ortho nitro benzene ring substituents is 1. The van der Waals surface area contributed by atoms with E-state index in [4.69, 9.17) is 0 Å². The molecule has 6 heteroatoms. The van der Waals surface area contributed by atoms with E-state index >= 15 is 0 Å². The number of aromatic hydroxyl groups is 1. The molecule has 0 aliphatic carbocycles. The molecule has 0 spiro atoms. The van der Waals surface area contributed by atoms with Crippen molar-refractivity contribution in [3.63, 3.8) is 0 Å². The van der Waals surface area contributed by atoms with Crippen LogP contribution in [-0.2, 0) is 0 Å². The van der Waals surface area contributed by atoms with E-state index in [1.807, 2.05) is 30.5 Å². The average Bonchev–Trinajstić information content (AvgIpc) is 2.87. The van der Waals surface area contributed by atoms with Gasteiger partial charge < -0.3 is 9.67 Å². The first-order chi connectivity index (χ1) is 12.0. The molecule has 6 nitrogen and oxygen atoms in total. The van der Waals surface area contributed by atoms with Crippen molar-refractivity contribution < 1.29 is 10.0 Å². The second kappa shape index (κ2) is 6.60. The molecule has 0 saturated carbocycles. The van der Waals surface area contributed by atoms with Gasteiger partial charge in [-0.1, -0.05) is 12.1 Å². The van der Waals surface area contributed by atoms with Gasteiger partial charge in [0.2, 0.25) is 0 Å². The largest absolute Gasteiger partial charge is 0.508 e. The van der Waals surface area contributed by atoms with Crippen LogP contribution in [0.5, 0.6) is 5.75 Å². The SMILES string of the molecule is Cc1cc(C=Nc2cccc(O)c2)c(C)n1-c1cccc([N+](=O)[O-])c1. The molecule has 0 aliphatic rings. The smallest absolute Gasteiger partial charge is 0.271 e. The normalized spacial score (nSPS) is 11.1. The Morgan fingerprint density at radius 3 is 2.60 bits per heavy atom. The molecule has 1 aromatic heterocycles. The maximum Gasteiger partial charge on any atom is 0.271 e. The number of nitro benzene ring substituents is 1. The maximum atomic E-state index is 11.0. The zero-order valence-corrected chi connectivity index (χ0v) is 13.9. The maximum absolute atomic E-state index is 11.0. The highest BCUT2D eigenvalue weighted by atomic mass is 16.6. The van der Waals surface area contributed by atoms with Crippen LogP contribution in [0, 0.1) is 24.0 Å². The molecule has 126 valence electrons. The van der Waals surface area contributed by atoms with Crippen molar-refractivity contribution >= 4 is 17.6 Å². The summed E-state index contributed by atoms with van der Waals surface area (Å²) < 4.78 is 1.96. The van der Waals surface area contributed by atoms with Crippen molar-refractivity contribution in [2.24, 2.45) is 4.99 Å². The van der Waals surface area contributed by atoms with Crippen LogP contribution in [0.2, 0.25) is 0 Å². The van der Waals surface area contributed by atoms with E-state index in [-0.39, 0.29) is 11.4 Å². The van der Waals surface area contributed by atoms with Gasteiger partial charge in [0, 0.05) is 41.4 Å². The summed E-state index contributed by atoms with van der Waals surface area (Å²) in [5, 5.41) is 20.5. The van der Waals surface area contributed by atoms with Crippen molar-refractivity contribution in [2.45, 2.75) is 13.8 Å². The molecule has 0 aliphatic heterocycles. The van der Waals surface area contributed by atoms with Crippen molar-refractivity contribution in [3.8, 4) is 11.4 Å². The van der Waals surface area contributed by atoms with Gasteiger partial charge in [-0.2, -0.15) is 0 Å². The lowest BCUT2D eigenvalue weighted by Gasteiger charge is -2.09. The highest BCUT2D eigenvalue weighted by Crippen LogP contribution is 2.24. The van der Waals surface area contributed by atoms with Crippen LogP contribution in [0.1, 0.15) is 17.0 Å². The number of aliphatic imine (C=N–C) groups is 1. The van der Waals surface area contributed by atoms with Gasteiger partial charge in [-0.15, -0.1) is 0 Å². The summed E-state index contributed by atoms with van der Waals surface area (Å²) in [6.45, 7) is 3.88. The first-order valence-electron chi connectivity index (χ1n) is 7.72. The molecule has 0 unspecified atom stereocenters. The molecule has 0 bridgehead atoms. The van der Waals surface area contributed by atoms with Gasteiger partial charge in [0.15, 0.2) is 0 Å². The molecule has 2 aromatic carbocycles. The van der Waals surface area contributed by atoms with Crippen LogP contribution >= 0.6 is 0 Å². The molecule has 0 atom stereocenters. The summed E-state index contributed by atoms with van der Waals surface area (Å²) in [5.41, 5.74) is 4.24. The molecular formula is C19H17N3O3. The molecule has 0 saturated heterocycles. The summed E-state index contributed by atoms with van der Waals surface area (Å²) in [7, 11) is 0. The fourth-order valence-corrected chi connectivity index (χ4v) is 2.78. The summed E-state index contributed by atoms with van der Waals surface area (Å²) in [4.78, 5) is 15.0. The van der Waals surface area contributed by atoms with Crippen molar-refractivity contribution in [3.05, 3.63) is 81.7 Å². The van der Waals surface area contributed by atoms with E-state index < -0.39 is 4.92 Å². The highest BCUT2D eigenvalue weighted by Gasteiger charge is 2.12. The first kappa shape index (κ1) is 16.4. The van der Waals surface area contributed by atoms with Crippen molar-refractivity contribution in [2.75, 3.05) is 0 Å². The van der Waals surface area contributed by atoms with Gasteiger partial charge in [-0.3, -0.25) is 15.1 Å². The lowest BCUT2D eigenvalue weighted by Crippen LogP contribution is -2.00. The lowest BCUT2D eigenvalue weighted by molar-refractivity contribution is -0.384. The fourth-order valence-electron chi connectivity index (χ4n) is 2.78. The third kappa shape index (κ3) is 3.42. The van der Waals surface area contributed by atoms with Crippen LogP contribution in [-0.4, -0.2) is 20.8 Å². The topological polar surface area (TPSA) is 80.7 Å². The number of hydrogen-bond acceptors (Lipinski definition) is 4. The number of phenolic OH excluding ortho intramolecular Hbond substituents is 1. The van der Waals surface area contributed by atoms with Crippen LogP contribution in [0.3, 0.4) is 0 Å². The molecule has 0 fully saturated rings. The fraction of sp³-hybridized carbons (Fsp3) is 0.105. The summed E-state index contributed by atoms with van der Waals surface area (Å²) in [6.07, 6.45) is 1.73. The minimum absolute atomic E-state index is 0.0555. The molecule has 3 aromatic rings. The summed E-state index contributed by atoms with van der Waals surface area (Å²) in [6, 6.07) is 15.2. The Kier molecular flexibility index (Phi) is 4.35. The molecule has 0 radical (unpaired) electrons. The zero-order chi connectivity index (χ0) is 18.0.